The summed E-state index contributed by atoms with van der Waals surface area (Å²) in [6.07, 6.45) is 1.82. The Morgan fingerprint density at radius 3 is 2.50 bits per heavy atom. The van der Waals surface area contributed by atoms with Crippen LogP contribution in [0, 0.1) is 0 Å². The van der Waals surface area contributed by atoms with Gasteiger partial charge in [0.15, 0.2) is 0 Å². The smallest absolute Gasteiger partial charge is 0.138 e. The Balaban J connectivity index is 2.02. The van der Waals surface area contributed by atoms with Crippen molar-refractivity contribution in [1.29, 1.82) is 0 Å². The van der Waals surface area contributed by atoms with Crippen molar-refractivity contribution in [2.75, 3.05) is 5.32 Å². The molecule has 1 N–H and O–H groups in total. The van der Waals surface area contributed by atoms with Crippen LogP contribution in [0.1, 0.15) is 0 Å². The van der Waals surface area contributed by atoms with Crippen LogP contribution in [0.3, 0.4) is 0 Å². The minimum absolute atomic E-state index is 0.885. The maximum atomic E-state index is 4.40. The molecule has 0 aliphatic carbocycles. The lowest BCUT2D eigenvalue weighted by molar-refractivity contribution is 1.34. The minimum atomic E-state index is 0.885. The first kappa shape index (κ1) is 11.2. The second-order valence-electron chi connectivity index (χ2n) is 4.01. The van der Waals surface area contributed by atoms with E-state index in [-0.39, 0.29) is 0 Å². The van der Waals surface area contributed by atoms with Gasteiger partial charge in [-0.15, -0.1) is 0 Å². The molecule has 0 saturated heterocycles. The number of anilines is 2. The molecule has 3 heteroatoms. The van der Waals surface area contributed by atoms with Gasteiger partial charge in [-0.2, -0.15) is 0 Å². The Hall–Kier alpha value is -1.87. The number of benzene rings is 2. The van der Waals surface area contributed by atoms with Gasteiger partial charge < -0.3 is 5.32 Å². The van der Waals surface area contributed by atoms with Crippen LogP contribution in [-0.4, -0.2) is 4.98 Å². The molecule has 0 amide bonds. The summed E-state index contributed by atoms with van der Waals surface area (Å²) >= 11 is 3.43. The Bertz CT molecular complexity index is 672. The fourth-order valence-electron chi connectivity index (χ4n) is 1.89. The van der Waals surface area contributed by atoms with Gasteiger partial charge in [-0.25, -0.2) is 4.98 Å². The highest BCUT2D eigenvalue weighted by atomic mass is 79.9. The first-order valence-electron chi connectivity index (χ1n) is 5.69. The van der Waals surface area contributed by atoms with E-state index in [1.54, 1.807) is 0 Å². The van der Waals surface area contributed by atoms with Gasteiger partial charge in [-0.05, 0) is 35.7 Å². The predicted octanol–water partition coefficient (Wildman–Crippen LogP) is 4.74. The summed E-state index contributed by atoms with van der Waals surface area (Å²) in [6.45, 7) is 0. The molecule has 2 aromatic carbocycles. The molecule has 0 radical (unpaired) electrons. The molecule has 0 bridgehead atoms. The number of hydrogen-bond donors (Lipinski definition) is 1. The summed E-state index contributed by atoms with van der Waals surface area (Å²) in [7, 11) is 0. The van der Waals surface area contributed by atoms with Gasteiger partial charge in [0.05, 0.1) is 0 Å². The summed E-state index contributed by atoms with van der Waals surface area (Å²) in [5.74, 6) is 0.885. The van der Waals surface area contributed by atoms with Crippen molar-refractivity contribution >= 4 is 38.2 Å². The van der Waals surface area contributed by atoms with Gasteiger partial charge >= 0.3 is 0 Å². The number of aromatic nitrogens is 1. The van der Waals surface area contributed by atoms with E-state index >= 15 is 0 Å². The van der Waals surface area contributed by atoms with Crippen LogP contribution in [0.2, 0.25) is 0 Å². The summed E-state index contributed by atoms with van der Waals surface area (Å²) in [4.78, 5) is 4.40. The second kappa shape index (κ2) is 4.78. The monoisotopic (exact) mass is 298 g/mol. The van der Waals surface area contributed by atoms with Gasteiger partial charge in [0.2, 0.25) is 0 Å². The van der Waals surface area contributed by atoms with Crippen molar-refractivity contribution < 1.29 is 0 Å². The topological polar surface area (TPSA) is 24.9 Å². The molecule has 0 fully saturated rings. The third-order valence-corrected chi connectivity index (χ3v) is 3.31. The van der Waals surface area contributed by atoms with E-state index in [1.807, 2.05) is 48.7 Å². The standard InChI is InChI=1S/C15H11BrN2/c16-12-5-7-13(8-6-12)18-15-14-4-2-1-3-11(14)9-10-17-15/h1-10H,(H,17,18). The van der Waals surface area contributed by atoms with Gasteiger partial charge in [0.1, 0.15) is 5.82 Å². The molecule has 1 heterocycles. The van der Waals surface area contributed by atoms with E-state index in [9.17, 15) is 0 Å². The summed E-state index contributed by atoms with van der Waals surface area (Å²) in [5, 5.41) is 5.66. The normalized spacial score (nSPS) is 10.5. The molecule has 18 heavy (non-hydrogen) atoms. The fourth-order valence-corrected chi connectivity index (χ4v) is 2.15. The summed E-state index contributed by atoms with van der Waals surface area (Å²) in [6, 6.07) is 18.3. The van der Waals surface area contributed by atoms with E-state index in [0.29, 0.717) is 0 Å². The number of rotatable bonds is 2. The van der Waals surface area contributed by atoms with Crippen molar-refractivity contribution in [3.8, 4) is 0 Å². The Morgan fingerprint density at radius 1 is 0.889 bits per heavy atom. The van der Waals surface area contributed by atoms with Crippen LogP contribution >= 0.6 is 15.9 Å². The van der Waals surface area contributed by atoms with Crippen molar-refractivity contribution in [1.82, 2.24) is 4.98 Å². The van der Waals surface area contributed by atoms with Crippen LogP contribution in [0.25, 0.3) is 10.8 Å². The molecule has 88 valence electrons. The largest absolute Gasteiger partial charge is 0.340 e. The SMILES string of the molecule is Brc1ccc(Nc2nccc3ccccc23)cc1. The average Bonchev–Trinajstić information content (AvgIpc) is 2.42. The molecular weight excluding hydrogens is 288 g/mol. The number of halogens is 1. The van der Waals surface area contributed by atoms with Gasteiger partial charge in [0, 0.05) is 21.7 Å². The molecule has 0 unspecified atom stereocenters. The van der Waals surface area contributed by atoms with Crippen LogP contribution in [0.4, 0.5) is 11.5 Å². The highest BCUT2D eigenvalue weighted by Crippen LogP contribution is 2.24. The lowest BCUT2D eigenvalue weighted by atomic mass is 10.1. The van der Waals surface area contributed by atoms with E-state index < -0.39 is 0 Å². The average molecular weight is 299 g/mol. The zero-order valence-corrected chi connectivity index (χ0v) is 11.2. The minimum Gasteiger partial charge on any atom is -0.340 e. The van der Waals surface area contributed by atoms with Crippen LogP contribution in [-0.2, 0) is 0 Å². The highest BCUT2D eigenvalue weighted by molar-refractivity contribution is 9.10. The molecule has 2 nitrogen and oxygen atoms in total. The maximum absolute atomic E-state index is 4.40. The van der Waals surface area contributed by atoms with Crippen LogP contribution in [0.5, 0.6) is 0 Å². The number of pyridine rings is 1. The zero-order valence-electron chi connectivity index (χ0n) is 9.60. The molecule has 0 saturated carbocycles. The predicted molar refractivity (Wildman–Crippen MR) is 79.2 cm³/mol. The maximum Gasteiger partial charge on any atom is 0.138 e. The second-order valence-corrected chi connectivity index (χ2v) is 4.93. The number of hydrogen-bond acceptors (Lipinski definition) is 2. The van der Waals surface area contributed by atoms with E-state index in [4.69, 9.17) is 0 Å². The van der Waals surface area contributed by atoms with Crippen molar-refractivity contribution in [3.63, 3.8) is 0 Å². The molecule has 1 aromatic heterocycles. The van der Waals surface area contributed by atoms with Crippen molar-refractivity contribution in [2.45, 2.75) is 0 Å². The van der Waals surface area contributed by atoms with E-state index in [1.165, 1.54) is 5.39 Å². The van der Waals surface area contributed by atoms with E-state index in [2.05, 4.69) is 38.4 Å². The third kappa shape index (κ3) is 2.22. The first-order chi connectivity index (χ1) is 8.83. The van der Waals surface area contributed by atoms with E-state index in [0.717, 1.165) is 21.4 Å². The highest BCUT2D eigenvalue weighted by Gasteiger charge is 2.01. The van der Waals surface area contributed by atoms with Gasteiger partial charge in [-0.3, -0.25) is 0 Å². The van der Waals surface area contributed by atoms with Crippen LogP contribution < -0.4 is 5.32 Å². The molecular formula is C15H11BrN2. The molecule has 3 rings (SSSR count). The molecule has 3 aromatic rings. The van der Waals surface area contributed by atoms with Crippen molar-refractivity contribution in [3.05, 3.63) is 65.3 Å². The molecule has 0 atom stereocenters. The molecule has 0 aliphatic heterocycles. The summed E-state index contributed by atoms with van der Waals surface area (Å²) < 4.78 is 1.07. The van der Waals surface area contributed by atoms with Gasteiger partial charge in [-0.1, -0.05) is 40.2 Å². The first-order valence-corrected chi connectivity index (χ1v) is 6.48. The fraction of sp³-hybridized carbons (Fsp3) is 0. The number of fused-ring (bicyclic) bond motifs is 1. The number of nitrogens with one attached hydrogen (secondary N) is 1. The van der Waals surface area contributed by atoms with Crippen LogP contribution in [0.15, 0.2) is 65.3 Å². The summed E-state index contributed by atoms with van der Waals surface area (Å²) in [5.41, 5.74) is 1.03. The quantitative estimate of drug-likeness (QED) is 0.739. The number of nitrogens with zero attached hydrogens (tertiary/aromatic N) is 1. The molecule has 0 spiro atoms. The van der Waals surface area contributed by atoms with Crippen molar-refractivity contribution in [2.24, 2.45) is 0 Å². The third-order valence-electron chi connectivity index (χ3n) is 2.78. The van der Waals surface area contributed by atoms with Gasteiger partial charge in [0.25, 0.3) is 0 Å². The lowest BCUT2D eigenvalue weighted by Gasteiger charge is -2.08. The zero-order chi connectivity index (χ0) is 12.4. The Kier molecular flexibility index (Phi) is 2.99. The lowest BCUT2D eigenvalue weighted by Crippen LogP contribution is -1.94. The Labute approximate surface area is 114 Å². The molecule has 0 aliphatic rings. The Morgan fingerprint density at radius 2 is 1.67 bits per heavy atom.